The van der Waals surface area contributed by atoms with Gasteiger partial charge in [0.25, 0.3) is 15.9 Å². The van der Waals surface area contributed by atoms with Crippen LogP contribution >= 0.6 is 11.6 Å². The van der Waals surface area contributed by atoms with Gasteiger partial charge in [-0.15, -0.1) is 0 Å². The highest BCUT2D eigenvalue weighted by molar-refractivity contribution is 7.92. The highest BCUT2D eigenvalue weighted by atomic mass is 35.5. The second-order valence-electron chi connectivity index (χ2n) is 12.4. The quantitative estimate of drug-likeness (QED) is 0.251. The van der Waals surface area contributed by atoms with Crippen LogP contribution in [0.25, 0.3) is 0 Å². The van der Waals surface area contributed by atoms with Crippen molar-refractivity contribution in [2.24, 2.45) is 5.92 Å². The van der Waals surface area contributed by atoms with Gasteiger partial charge in [-0.25, -0.2) is 17.6 Å². The Balaban J connectivity index is 1.62. The molecule has 1 heterocycles. The van der Waals surface area contributed by atoms with Crippen LogP contribution in [0.2, 0.25) is 5.02 Å². The second kappa shape index (κ2) is 17.1. The maximum absolute atomic E-state index is 14.3. The first-order valence-electron chi connectivity index (χ1n) is 16.2. The fourth-order valence-corrected chi connectivity index (χ4v) is 6.56. The summed E-state index contributed by atoms with van der Waals surface area (Å²) in [6.45, 7) is 5.94. The van der Waals surface area contributed by atoms with Crippen LogP contribution in [0.1, 0.15) is 50.4 Å². The fraction of sp³-hybridized carbons (Fsp3) is 0.429. The van der Waals surface area contributed by atoms with Gasteiger partial charge in [-0.2, -0.15) is 0 Å². The van der Waals surface area contributed by atoms with E-state index >= 15 is 0 Å². The average Bonchev–Trinajstić information content (AvgIpc) is 3.07. The third kappa shape index (κ3) is 10.5. The summed E-state index contributed by atoms with van der Waals surface area (Å²) in [5.41, 5.74) is 0.719. The SMILES string of the molecule is C[C@H](CO)N1C[C@H](C)[C@H](CN(C)C(=O)Nc2ccc(F)cc2)OCCCC[C@H](C)Oc2ccc(NS(=O)(=O)c3ccc(Cl)cc3)cc2C1=O. The van der Waals surface area contributed by atoms with Crippen molar-refractivity contribution in [1.82, 2.24) is 9.80 Å². The van der Waals surface area contributed by atoms with Crippen molar-refractivity contribution in [1.29, 1.82) is 0 Å². The highest BCUT2D eigenvalue weighted by Crippen LogP contribution is 2.30. The number of urea groups is 1. The normalized spacial score (nSPS) is 19.9. The molecule has 11 nitrogen and oxygen atoms in total. The topological polar surface area (TPSA) is 138 Å². The lowest BCUT2D eigenvalue weighted by Gasteiger charge is -2.35. The lowest BCUT2D eigenvalue weighted by atomic mass is 10.0. The first kappa shape index (κ1) is 37.9. The van der Waals surface area contributed by atoms with Crippen molar-refractivity contribution >= 4 is 44.9 Å². The number of likely N-dealkylation sites (N-methyl/N-ethyl adjacent to an activating group) is 1. The summed E-state index contributed by atoms with van der Waals surface area (Å²) in [5.74, 6) is -0.904. The molecule has 49 heavy (non-hydrogen) atoms. The van der Waals surface area contributed by atoms with E-state index in [1.165, 1.54) is 70.5 Å². The molecule has 3 amide bonds. The molecular formula is C35H44ClFN4O7S. The van der Waals surface area contributed by atoms with E-state index in [1.54, 1.807) is 20.0 Å². The molecule has 1 aliphatic heterocycles. The number of sulfonamides is 1. The van der Waals surface area contributed by atoms with E-state index in [0.717, 1.165) is 12.8 Å². The number of fused-ring (bicyclic) bond motifs is 1. The van der Waals surface area contributed by atoms with Crippen LogP contribution in [0, 0.1) is 11.7 Å². The highest BCUT2D eigenvalue weighted by Gasteiger charge is 2.31. The van der Waals surface area contributed by atoms with Crippen molar-refractivity contribution in [2.75, 3.05) is 43.4 Å². The molecule has 4 atom stereocenters. The van der Waals surface area contributed by atoms with Crippen LogP contribution in [0.4, 0.5) is 20.6 Å². The molecule has 1 aliphatic rings. The number of carbonyl (C=O) groups is 2. The number of anilines is 2. The van der Waals surface area contributed by atoms with Crippen LogP contribution in [-0.2, 0) is 14.8 Å². The van der Waals surface area contributed by atoms with Gasteiger partial charge in [0.15, 0.2) is 0 Å². The van der Waals surface area contributed by atoms with Gasteiger partial charge in [0, 0.05) is 49.1 Å². The summed E-state index contributed by atoms with van der Waals surface area (Å²) in [6.07, 6.45) is 1.42. The molecule has 0 unspecified atom stereocenters. The molecule has 0 radical (unpaired) electrons. The molecule has 14 heteroatoms. The van der Waals surface area contributed by atoms with Crippen molar-refractivity contribution in [3.8, 4) is 5.75 Å². The van der Waals surface area contributed by atoms with Crippen molar-refractivity contribution in [2.45, 2.75) is 63.2 Å². The predicted octanol–water partition coefficient (Wildman–Crippen LogP) is 6.24. The zero-order valence-electron chi connectivity index (χ0n) is 28.1. The van der Waals surface area contributed by atoms with Gasteiger partial charge in [0.05, 0.1) is 35.3 Å². The Morgan fingerprint density at radius 3 is 2.43 bits per heavy atom. The number of hydrogen-bond acceptors (Lipinski definition) is 7. The zero-order valence-corrected chi connectivity index (χ0v) is 29.6. The third-order valence-corrected chi connectivity index (χ3v) is 9.97. The number of amides is 3. The molecule has 4 rings (SSSR count). The number of rotatable bonds is 8. The second-order valence-corrected chi connectivity index (χ2v) is 14.5. The molecule has 0 spiro atoms. The van der Waals surface area contributed by atoms with Crippen molar-refractivity contribution < 1.29 is 37.0 Å². The minimum Gasteiger partial charge on any atom is -0.490 e. The lowest BCUT2D eigenvalue weighted by Crippen LogP contribution is -2.48. The lowest BCUT2D eigenvalue weighted by molar-refractivity contribution is -0.0115. The predicted molar refractivity (Wildman–Crippen MR) is 187 cm³/mol. The smallest absolute Gasteiger partial charge is 0.321 e. The Morgan fingerprint density at radius 2 is 1.76 bits per heavy atom. The van der Waals surface area contributed by atoms with Crippen molar-refractivity contribution in [3.63, 3.8) is 0 Å². The van der Waals surface area contributed by atoms with E-state index in [-0.39, 0.29) is 53.6 Å². The molecule has 0 bridgehead atoms. The number of halogens is 2. The Hall–Kier alpha value is -3.91. The van der Waals surface area contributed by atoms with Gasteiger partial charge in [-0.1, -0.05) is 18.5 Å². The van der Waals surface area contributed by atoms with E-state index < -0.39 is 39.9 Å². The maximum Gasteiger partial charge on any atom is 0.321 e. The number of benzene rings is 3. The monoisotopic (exact) mass is 718 g/mol. The van der Waals surface area contributed by atoms with Crippen LogP contribution < -0.4 is 14.8 Å². The average molecular weight is 719 g/mol. The summed E-state index contributed by atoms with van der Waals surface area (Å²) >= 11 is 5.94. The van der Waals surface area contributed by atoms with Gasteiger partial charge in [0.2, 0.25) is 0 Å². The molecule has 266 valence electrons. The van der Waals surface area contributed by atoms with E-state index in [9.17, 15) is 27.5 Å². The molecule has 0 aliphatic carbocycles. The molecule has 3 N–H and O–H groups in total. The Bertz CT molecular complexity index is 1680. The Morgan fingerprint density at radius 1 is 1.08 bits per heavy atom. The van der Waals surface area contributed by atoms with Crippen LogP contribution in [0.15, 0.2) is 71.6 Å². The van der Waals surface area contributed by atoms with Gasteiger partial charge >= 0.3 is 6.03 Å². The first-order chi connectivity index (χ1) is 23.3. The standard InChI is InChI=1S/C35H44ClFN4O7S/c1-23-20-41(24(2)22-42)34(43)31-19-29(39-49(45,46)30-15-8-26(36)9-16-30)14-17-32(31)48-25(3)7-5-6-18-47-33(23)21-40(4)35(44)38-28-12-10-27(37)11-13-28/h8-17,19,23-25,33,39,42H,5-7,18,20-22H2,1-4H3,(H,38,44)/t23-,24+,25-,33-/m0/s1. The number of carbonyl (C=O) groups excluding carboxylic acids is 2. The van der Waals surface area contributed by atoms with E-state index in [1.807, 2.05) is 13.8 Å². The zero-order chi connectivity index (χ0) is 35.7. The van der Waals surface area contributed by atoms with Crippen LogP contribution in [0.3, 0.4) is 0 Å². The van der Waals surface area contributed by atoms with Crippen molar-refractivity contribution in [3.05, 3.63) is 83.1 Å². The van der Waals surface area contributed by atoms with E-state index in [4.69, 9.17) is 21.1 Å². The van der Waals surface area contributed by atoms with Gasteiger partial charge in [-0.3, -0.25) is 9.52 Å². The van der Waals surface area contributed by atoms with E-state index in [0.29, 0.717) is 23.7 Å². The van der Waals surface area contributed by atoms with Crippen LogP contribution in [-0.4, -0.2) is 86.9 Å². The number of nitrogens with zero attached hydrogens (tertiary/aromatic N) is 2. The molecule has 0 fully saturated rings. The van der Waals surface area contributed by atoms with Gasteiger partial charge in [0.1, 0.15) is 11.6 Å². The third-order valence-electron chi connectivity index (χ3n) is 8.32. The molecule has 0 saturated carbocycles. The number of aliphatic hydroxyl groups excluding tert-OH is 1. The van der Waals surface area contributed by atoms with Gasteiger partial charge < -0.3 is 29.7 Å². The molecule has 3 aromatic carbocycles. The Kier molecular flexibility index (Phi) is 13.3. The number of aliphatic hydroxyl groups is 1. The summed E-state index contributed by atoms with van der Waals surface area (Å²) in [6, 6.07) is 14.7. The van der Waals surface area contributed by atoms with Gasteiger partial charge in [-0.05, 0) is 99.8 Å². The molecule has 0 saturated heterocycles. The largest absolute Gasteiger partial charge is 0.490 e. The summed E-state index contributed by atoms with van der Waals surface area (Å²) in [5, 5.41) is 13.3. The summed E-state index contributed by atoms with van der Waals surface area (Å²) < 4.78 is 54.8. The summed E-state index contributed by atoms with van der Waals surface area (Å²) in [7, 11) is -2.38. The number of hydrogen-bond donors (Lipinski definition) is 3. The van der Waals surface area contributed by atoms with E-state index in [2.05, 4.69) is 10.0 Å². The Labute approximate surface area is 292 Å². The number of ether oxygens (including phenoxy) is 2. The fourth-order valence-electron chi connectivity index (χ4n) is 5.38. The maximum atomic E-state index is 14.3. The summed E-state index contributed by atoms with van der Waals surface area (Å²) in [4.78, 5) is 30.3. The number of nitrogens with one attached hydrogen (secondary N) is 2. The minimum atomic E-state index is -4.01. The molecule has 3 aromatic rings. The molecular weight excluding hydrogens is 675 g/mol. The minimum absolute atomic E-state index is 0.0000990. The molecule has 0 aromatic heterocycles. The first-order valence-corrected chi connectivity index (χ1v) is 18.0. The van der Waals surface area contributed by atoms with Crippen LogP contribution in [0.5, 0.6) is 5.75 Å².